The first-order valence-corrected chi connectivity index (χ1v) is 10.2. The fourth-order valence-electron chi connectivity index (χ4n) is 2.84. The van der Waals surface area contributed by atoms with Crippen LogP contribution in [-0.2, 0) is 12.3 Å². The first-order valence-electron chi connectivity index (χ1n) is 8.46. The van der Waals surface area contributed by atoms with Crippen LogP contribution >= 0.6 is 27.7 Å². The molecule has 0 N–H and O–H groups in total. The minimum atomic E-state index is -0.121. The average Bonchev–Trinajstić information content (AvgIpc) is 3.27. The molecule has 0 aliphatic carbocycles. The van der Waals surface area contributed by atoms with Gasteiger partial charge in [0.05, 0.1) is 17.5 Å². The molecule has 9 heteroatoms. The molecule has 0 radical (unpaired) electrons. The van der Waals surface area contributed by atoms with E-state index in [1.165, 1.54) is 16.2 Å². The van der Waals surface area contributed by atoms with Crippen molar-refractivity contribution in [2.45, 2.75) is 24.4 Å². The molecule has 4 rings (SSSR count). The van der Waals surface area contributed by atoms with Crippen LogP contribution in [-0.4, -0.2) is 24.1 Å². The first kappa shape index (κ1) is 18.7. The van der Waals surface area contributed by atoms with Crippen molar-refractivity contribution in [2.75, 3.05) is 0 Å². The second kappa shape index (κ2) is 7.76. The number of hydrogen-bond donors (Lipinski definition) is 0. The number of hydrogen-bond acceptors (Lipinski definition) is 6. The van der Waals surface area contributed by atoms with E-state index in [4.69, 9.17) is 4.42 Å². The van der Waals surface area contributed by atoms with E-state index < -0.39 is 0 Å². The molecule has 0 saturated heterocycles. The van der Waals surface area contributed by atoms with Gasteiger partial charge in [-0.3, -0.25) is 13.8 Å². The van der Waals surface area contributed by atoms with Crippen LogP contribution in [0.25, 0.3) is 17.0 Å². The van der Waals surface area contributed by atoms with Crippen LogP contribution in [0.15, 0.2) is 68.2 Å². The Kier molecular flexibility index (Phi) is 5.19. The molecular formula is C19H16BrN5O2S. The second-order valence-corrected chi connectivity index (χ2v) is 7.90. The van der Waals surface area contributed by atoms with Gasteiger partial charge in [-0.05, 0) is 41.1 Å². The summed E-state index contributed by atoms with van der Waals surface area (Å²) in [6.07, 6.45) is 5.14. The summed E-state index contributed by atoms with van der Waals surface area (Å²) in [6, 6.07) is 7.08. The monoisotopic (exact) mass is 457 g/mol. The van der Waals surface area contributed by atoms with Gasteiger partial charge in [0.2, 0.25) is 0 Å². The van der Waals surface area contributed by atoms with Crippen molar-refractivity contribution in [1.29, 1.82) is 0 Å². The number of thioether (sulfide) groups is 1. The van der Waals surface area contributed by atoms with Gasteiger partial charge in [0.25, 0.3) is 5.56 Å². The van der Waals surface area contributed by atoms with Crippen LogP contribution in [0, 0.1) is 6.92 Å². The van der Waals surface area contributed by atoms with Crippen LogP contribution in [0.4, 0.5) is 0 Å². The van der Waals surface area contributed by atoms with Crippen molar-refractivity contribution in [1.82, 2.24) is 24.1 Å². The van der Waals surface area contributed by atoms with Gasteiger partial charge < -0.3 is 4.42 Å². The van der Waals surface area contributed by atoms with Crippen molar-refractivity contribution >= 4 is 33.3 Å². The molecule has 0 spiro atoms. The van der Waals surface area contributed by atoms with Crippen LogP contribution in [0.3, 0.4) is 0 Å². The molecule has 4 aromatic heterocycles. The van der Waals surface area contributed by atoms with Crippen LogP contribution < -0.4 is 5.56 Å². The molecule has 0 bridgehead atoms. The zero-order valence-corrected chi connectivity index (χ0v) is 17.4. The Morgan fingerprint density at radius 3 is 2.93 bits per heavy atom. The van der Waals surface area contributed by atoms with Gasteiger partial charge in [-0.15, -0.1) is 16.8 Å². The van der Waals surface area contributed by atoms with Gasteiger partial charge in [-0.25, -0.2) is 4.98 Å². The molecule has 0 unspecified atom stereocenters. The molecule has 0 amide bonds. The second-order valence-electron chi connectivity index (χ2n) is 6.05. The Morgan fingerprint density at radius 2 is 2.18 bits per heavy atom. The van der Waals surface area contributed by atoms with Crippen molar-refractivity contribution in [3.05, 3.63) is 75.7 Å². The highest BCUT2D eigenvalue weighted by atomic mass is 79.9. The smallest absolute Gasteiger partial charge is 0.258 e. The van der Waals surface area contributed by atoms with Gasteiger partial charge in [-0.2, -0.15) is 0 Å². The molecule has 0 aromatic carbocycles. The van der Waals surface area contributed by atoms with Crippen LogP contribution in [0.2, 0.25) is 0 Å². The normalized spacial score (nSPS) is 11.2. The van der Waals surface area contributed by atoms with Crippen molar-refractivity contribution in [2.24, 2.45) is 0 Å². The van der Waals surface area contributed by atoms with Crippen LogP contribution in [0.1, 0.15) is 11.5 Å². The number of rotatable bonds is 6. The Balaban J connectivity index is 1.63. The summed E-state index contributed by atoms with van der Waals surface area (Å²) in [4.78, 5) is 16.9. The summed E-state index contributed by atoms with van der Waals surface area (Å²) in [5, 5.41) is 9.36. The largest absolute Gasteiger partial charge is 0.469 e. The van der Waals surface area contributed by atoms with E-state index in [-0.39, 0.29) is 5.56 Å². The predicted molar refractivity (Wildman–Crippen MR) is 111 cm³/mol. The van der Waals surface area contributed by atoms with Crippen molar-refractivity contribution in [3.63, 3.8) is 0 Å². The van der Waals surface area contributed by atoms with Gasteiger partial charge in [-0.1, -0.05) is 17.8 Å². The molecule has 142 valence electrons. The summed E-state index contributed by atoms with van der Waals surface area (Å²) >= 11 is 4.84. The summed E-state index contributed by atoms with van der Waals surface area (Å²) in [6.45, 7) is 6.28. The molecule has 28 heavy (non-hydrogen) atoms. The highest BCUT2D eigenvalue weighted by Crippen LogP contribution is 2.28. The highest BCUT2D eigenvalue weighted by Gasteiger charge is 2.17. The fourth-order valence-corrected chi connectivity index (χ4v) is 4.02. The van der Waals surface area contributed by atoms with E-state index in [2.05, 4.69) is 37.7 Å². The SMILES string of the molecule is C=CCn1c(SCc2cc(=O)n3cc(Br)ccc3n2)nnc1-c1ccoc1C. The van der Waals surface area contributed by atoms with Gasteiger partial charge >= 0.3 is 0 Å². The van der Waals surface area contributed by atoms with Crippen molar-refractivity contribution < 1.29 is 4.42 Å². The maximum Gasteiger partial charge on any atom is 0.258 e. The summed E-state index contributed by atoms with van der Waals surface area (Å²) < 4.78 is 9.70. The van der Waals surface area contributed by atoms with Gasteiger partial charge in [0.1, 0.15) is 11.4 Å². The van der Waals surface area contributed by atoms with E-state index in [1.807, 2.05) is 23.6 Å². The minimum absolute atomic E-state index is 0.121. The maximum atomic E-state index is 12.4. The zero-order chi connectivity index (χ0) is 19.7. The number of fused-ring (bicyclic) bond motifs is 1. The third-order valence-corrected chi connectivity index (χ3v) is 5.62. The standard InChI is InChI=1S/C19H16BrN5O2S/c1-3-7-24-18(15-6-8-27-12(15)2)22-23-19(24)28-11-14-9-17(26)25-10-13(20)4-5-16(25)21-14/h3-6,8-10H,1,7,11H2,2H3. The highest BCUT2D eigenvalue weighted by molar-refractivity contribution is 9.10. The number of halogens is 1. The summed E-state index contributed by atoms with van der Waals surface area (Å²) in [7, 11) is 0. The predicted octanol–water partition coefficient (Wildman–Crippen LogP) is 4.10. The average molecular weight is 458 g/mol. The number of allylic oxidation sites excluding steroid dienone is 1. The number of aromatic nitrogens is 5. The van der Waals surface area contributed by atoms with E-state index >= 15 is 0 Å². The quantitative estimate of drug-likeness (QED) is 0.320. The lowest BCUT2D eigenvalue weighted by Gasteiger charge is -2.07. The number of nitrogens with zero attached hydrogens (tertiary/aromatic N) is 5. The Bertz CT molecular complexity index is 1230. The lowest BCUT2D eigenvalue weighted by Crippen LogP contribution is -2.15. The van der Waals surface area contributed by atoms with E-state index in [1.54, 1.807) is 30.7 Å². The van der Waals surface area contributed by atoms with Gasteiger partial charge in [0, 0.05) is 29.0 Å². The molecule has 0 aliphatic rings. The molecule has 0 saturated carbocycles. The molecule has 0 aliphatic heterocycles. The van der Waals surface area contributed by atoms with E-state index in [9.17, 15) is 4.79 Å². The Labute approximate surface area is 173 Å². The molecule has 0 fully saturated rings. The lowest BCUT2D eigenvalue weighted by atomic mass is 10.2. The fraction of sp³-hybridized carbons (Fsp3) is 0.158. The maximum absolute atomic E-state index is 12.4. The number of aryl methyl sites for hydroxylation is 1. The molecule has 0 atom stereocenters. The molecule has 4 aromatic rings. The molecular weight excluding hydrogens is 442 g/mol. The summed E-state index contributed by atoms with van der Waals surface area (Å²) in [5.41, 5.74) is 2.07. The zero-order valence-electron chi connectivity index (χ0n) is 15.0. The van der Waals surface area contributed by atoms with E-state index in [0.717, 1.165) is 26.8 Å². The molecule has 7 nitrogen and oxygen atoms in total. The first-order chi connectivity index (χ1) is 13.6. The van der Waals surface area contributed by atoms with Crippen LogP contribution in [0.5, 0.6) is 0 Å². The molecule has 4 heterocycles. The van der Waals surface area contributed by atoms with E-state index in [0.29, 0.717) is 23.6 Å². The third-order valence-electron chi connectivity index (χ3n) is 4.15. The Hall–Kier alpha value is -2.65. The van der Waals surface area contributed by atoms with Crippen molar-refractivity contribution in [3.8, 4) is 11.4 Å². The minimum Gasteiger partial charge on any atom is -0.469 e. The lowest BCUT2D eigenvalue weighted by molar-refractivity contribution is 0.534. The van der Waals surface area contributed by atoms with Gasteiger partial charge in [0.15, 0.2) is 11.0 Å². The summed E-state index contributed by atoms with van der Waals surface area (Å²) in [5.74, 6) is 2.01. The Morgan fingerprint density at radius 1 is 1.32 bits per heavy atom. The number of pyridine rings is 1. The number of furan rings is 1. The third kappa shape index (κ3) is 3.55. The topological polar surface area (TPSA) is 78.2 Å².